The molecular weight excluding hydrogens is 218 g/mol. The molecule has 2 N–H and O–H groups in total. The summed E-state index contributed by atoms with van der Waals surface area (Å²) in [5.41, 5.74) is 5.74. The molecule has 0 aromatic rings. The van der Waals surface area contributed by atoms with Gasteiger partial charge in [0.15, 0.2) is 0 Å². The molecular formula is C12H25N3S. The fraction of sp³-hybridized carbons (Fsp3) is 0.917. The lowest BCUT2D eigenvalue weighted by atomic mass is 9.89. The van der Waals surface area contributed by atoms with Crippen LogP contribution in [0.4, 0.5) is 0 Å². The Morgan fingerprint density at radius 3 is 2.56 bits per heavy atom. The van der Waals surface area contributed by atoms with Crippen molar-refractivity contribution in [1.82, 2.24) is 9.80 Å². The summed E-state index contributed by atoms with van der Waals surface area (Å²) in [5, 5.41) is 0. The molecule has 1 aliphatic rings. The Balaban J connectivity index is 2.34. The molecule has 0 aliphatic carbocycles. The van der Waals surface area contributed by atoms with Gasteiger partial charge in [-0.1, -0.05) is 26.1 Å². The van der Waals surface area contributed by atoms with Gasteiger partial charge < -0.3 is 15.5 Å². The molecule has 0 saturated carbocycles. The highest BCUT2D eigenvalue weighted by atomic mass is 32.1. The highest BCUT2D eigenvalue weighted by Crippen LogP contribution is 2.21. The minimum atomic E-state index is -0.00641. The molecule has 1 aliphatic heterocycles. The van der Waals surface area contributed by atoms with Crippen LogP contribution in [-0.4, -0.2) is 54.6 Å². The summed E-state index contributed by atoms with van der Waals surface area (Å²) in [6, 6.07) is 0. The fourth-order valence-electron chi connectivity index (χ4n) is 1.88. The number of hydrogen-bond donors (Lipinski definition) is 1. The van der Waals surface area contributed by atoms with Crippen molar-refractivity contribution in [1.29, 1.82) is 0 Å². The van der Waals surface area contributed by atoms with E-state index in [9.17, 15) is 0 Å². The maximum absolute atomic E-state index is 5.74. The van der Waals surface area contributed by atoms with E-state index in [1.165, 1.54) is 32.6 Å². The van der Waals surface area contributed by atoms with Gasteiger partial charge in [-0.2, -0.15) is 0 Å². The molecule has 4 heteroatoms. The van der Waals surface area contributed by atoms with E-state index in [4.69, 9.17) is 18.0 Å². The fourth-order valence-corrected chi connectivity index (χ4v) is 1.99. The van der Waals surface area contributed by atoms with E-state index in [0.717, 1.165) is 13.0 Å². The van der Waals surface area contributed by atoms with Crippen molar-refractivity contribution in [2.75, 3.05) is 39.8 Å². The smallest absolute Gasteiger partial charge is 0.0784 e. The quantitative estimate of drug-likeness (QED) is 0.755. The zero-order chi connectivity index (χ0) is 12.2. The third-order valence-corrected chi connectivity index (χ3v) is 4.08. The number of nitrogens with zero attached hydrogens (tertiary/aromatic N) is 2. The predicted octanol–water partition coefficient (Wildman–Crippen LogP) is 1.33. The zero-order valence-corrected chi connectivity index (χ0v) is 11.6. The van der Waals surface area contributed by atoms with E-state index in [2.05, 4.69) is 30.7 Å². The largest absolute Gasteiger partial charge is 0.393 e. The van der Waals surface area contributed by atoms with Crippen LogP contribution in [0.15, 0.2) is 0 Å². The number of nitrogens with two attached hydrogens (primary N) is 1. The molecule has 1 fully saturated rings. The molecule has 1 rings (SSSR count). The van der Waals surface area contributed by atoms with Gasteiger partial charge in [0.1, 0.15) is 0 Å². The van der Waals surface area contributed by atoms with E-state index in [-0.39, 0.29) is 5.41 Å². The first-order valence-corrected chi connectivity index (χ1v) is 6.53. The minimum absolute atomic E-state index is 0.00641. The van der Waals surface area contributed by atoms with Gasteiger partial charge in [-0.15, -0.1) is 0 Å². The van der Waals surface area contributed by atoms with Crippen molar-refractivity contribution < 1.29 is 0 Å². The Hall–Kier alpha value is -0.190. The molecule has 0 unspecified atom stereocenters. The van der Waals surface area contributed by atoms with Crippen LogP contribution in [0.5, 0.6) is 0 Å². The van der Waals surface area contributed by atoms with Gasteiger partial charge in [-0.3, -0.25) is 0 Å². The molecule has 0 radical (unpaired) electrons. The van der Waals surface area contributed by atoms with Gasteiger partial charge in [0.05, 0.1) is 4.99 Å². The summed E-state index contributed by atoms with van der Waals surface area (Å²) in [7, 11) is 2.20. The first-order valence-electron chi connectivity index (χ1n) is 6.12. The highest BCUT2D eigenvalue weighted by Gasteiger charge is 2.22. The molecule has 3 nitrogen and oxygen atoms in total. The van der Waals surface area contributed by atoms with Gasteiger partial charge in [0.25, 0.3) is 0 Å². The van der Waals surface area contributed by atoms with Crippen LogP contribution in [-0.2, 0) is 0 Å². The van der Waals surface area contributed by atoms with E-state index in [0.29, 0.717) is 4.99 Å². The molecule has 1 saturated heterocycles. The van der Waals surface area contributed by atoms with Gasteiger partial charge in [-0.25, -0.2) is 0 Å². The van der Waals surface area contributed by atoms with Gasteiger partial charge in [0, 0.05) is 18.5 Å². The highest BCUT2D eigenvalue weighted by molar-refractivity contribution is 7.80. The van der Waals surface area contributed by atoms with Gasteiger partial charge in [-0.05, 0) is 39.5 Å². The number of rotatable bonds is 4. The number of thiocarbonyl (C=S) groups is 1. The van der Waals surface area contributed by atoms with Crippen LogP contribution < -0.4 is 5.73 Å². The van der Waals surface area contributed by atoms with E-state index in [1.807, 2.05) is 0 Å². The average Bonchev–Trinajstić information content (AvgIpc) is 2.40. The van der Waals surface area contributed by atoms with Crippen molar-refractivity contribution in [3.63, 3.8) is 0 Å². The van der Waals surface area contributed by atoms with E-state index >= 15 is 0 Å². The molecule has 0 aromatic carbocycles. The Kier molecular flexibility index (Phi) is 5.15. The molecule has 0 aromatic heterocycles. The Morgan fingerprint density at radius 1 is 1.25 bits per heavy atom. The minimum Gasteiger partial charge on any atom is -0.393 e. The van der Waals surface area contributed by atoms with Crippen molar-refractivity contribution in [2.24, 2.45) is 11.1 Å². The third-order valence-electron chi connectivity index (χ3n) is 3.53. The summed E-state index contributed by atoms with van der Waals surface area (Å²) < 4.78 is 0. The second kappa shape index (κ2) is 5.94. The molecule has 1 heterocycles. The lowest BCUT2D eigenvalue weighted by Gasteiger charge is -2.27. The predicted molar refractivity (Wildman–Crippen MR) is 73.7 cm³/mol. The summed E-state index contributed by atoms with van der Waals surface area (Å²) >= 11 is 5.09. The van der Waals surface area contributed by atoms with Crippen molar-refractivity contribution in [3.05, 3.63) is 0 Å². The first-order chi connectivity index (χ1) is 7.42. The Morgan fingerprint density at radius 2 is 1.94 bits per heavy atom. The van der Waals surface area contributed by atoms with Crippen LogP contribution in [0.25, 0.3) is 0 Å². The lowest BCUT2D eigenvalue weighted by Crippen LogP contribution is -2.36. The molecule has 0 atom stereocenters. The average molecular weight is 243 g/mol. The van der Waals surface area contributed by atoms with Crippen LogP contribution >= 0.6 is 12.2 Å². The topological polar surface area (TPSA) is 32.5 Å². The molecule has 16 heavy (non-hydrogen) atoms. The first kappa shape index (κ1) is 13.9. The lowest BCUT2D eigenvalue weighted by molar-refractivity contribution is 0.250. The van der Waals surface area contributed by atoms with E-state index in [1.54, 1.807) is 0 Å². The summed E-state index contributed by atoms with van der Waals surface area (Å²) in [6.45, 7) is 10.2. The van der Waals surface area contributed by atoms with Crippen molar-refractivity contribution in [3.8, 4) is 0 Å². The zero-order valence-electron chi connectivity index (χ0n) is 10.8. The monoisotopic (exact) mass is 243 g/mol. The van der Waals surface area contributed by atoms with Gasteiger partial charge in [0.2, 0.25) is 0 Å². The van der Waals surface area contributed by atoms with Crippen LogP contribution in [0, 0.1) is 5.41 Å². The SMILES string of the molecule is CN1CCCN(CCC(C)(C)C(N)=S)CC1. The van der Waals surface area contributed by atoms with Crippen molar-refractivity contribution >= 4 is 17.2 Å². The molecule has 0 bridgehead atoms. The second-order valence-corrected chi connectivity index (χ2v) is 5.94. The normalized spacial score (nSPS) is 20.7. The second-order valence-electron chi connectivity index (χ2n) is 5.50. The van der Waals surface area contributed by atoms with Crippen LogP contribution in [0.1, 0.15) is 26.7 Å². The summed E-state index contributed by atoms with van der Waals surface area (Å²) in [5.74, 6) is 0. The molecule has 94 valence electrons. The summed E-state index contributed by atoms with van der Waals surface area (Å²) in [4.78, 5) is 5.57. The van der Waals surface area contributed by atoms with Crippen LogP contribution in [0.2, 0.25) is 0 Å². The maximum Gasteiger partial charge on any atom is 0.0784 e. The Bertz CT molecular complexity index is 240. The third kappa shape index (κ3) is 4.36. The van der Waals surface area contributed by atoms with Gasteiger partial charge >= 0.3 is 0 Å². The van der Waals surface area contributed by atoms with Crippen molar-refractivity contribution in [2.45, 2.75) is 26.7 Å². The van der Waals surface area contributed by atoms with E-state index < -0.39 is 0 Å². The number of likely N-dealkylation sites (N-methyl/N-ethyl adjacent to an activating group) is 1. The van der Waals surface area contributed by atoms with Crippen LogP contribution in [0.3, 0.4) is 0 Å². The molecule has 0 amide bonds. The number of hydrogen-bond acceptors (Lipinski definition) is 3. The maximum atomic E-state index is 5.74. The Labute approximate surface area is 105 Å². The molecule has 0 spiro atoms. The standard InChI is InChI=1S/C12H25N3S/c1-12(2,11(13)16)5-8-15-7-4-6-14(3)9-10-15/h4-10H2,1-3H3,(H2,13,16). The summed E-state index contributed by atoms with van der Waals surface area (Å²) in [6.07, 6.45) is 2.33.